The van der Waals surface area contributed by atoms with E-state index in [0.29, 0.717) is 21.7 Å². The van der Waals surface area contributed by atoms with Crippen molar-refractivity contribution in [3.05, 3.63) is 23.4 Å². The maximum absolute atomic E-state index is 5.78. The molecule has 0 aliphatic heterocycles. The summed E-state index contributed by atoms with van der Waals surface area (Å²) in [5.41, 5.74) is 6.08. The molecule has 0 radical (unpaired) electrons. The standard InChI is InChI=1S/C7H5ClN4S/c8-4-1-2-10-5(3-4)6-11-7(9)13-12-6/h1-3H,(H2,9,11,12). The SMILES string of the molecule is Nc1nc(-c2cc(Cl)ccn2)ns1. The minimum Gasteiger partial charge on any atom is -0.374 e. The van der Waals surface area contributed by atoms with Crippen LogP contribution in [0.3, 0.4) is 0 Å². The summed E-state index contributed by atoms with van der Waals surface area (Å²) >= 11 is 6.92. The summed E-state index contributed by atoms with van der Waals surface area (Å²) in [6, 6.07) is 3.39. The van der Waals surface area contributed by atoms with E-state index >= 15 is 0 Å². The third kappa shape index (κ3) is 1.76. The van der Waals surface area contributed by atoms with Crippen LogP contribution in [0, 0.1) is 0 Å². The average Bonchev–Trinajstić information content (AvgIpc) is 2.52. The van der Waals surface area contributed by atoms with Gasteiger partial charge >= 0.3 is 0 Å². The molecule has 4 nitrogen and oxygen atoms in total. The molecule has 0 atom stereocenters. The van der Waals surface area contributed by atoms with Crippen LogP contribution >= 0.6 is 23.1 Å². The number of rotatable bonds is 1. The zero-order chi connectivity index (χ0) is 9.26. The zero-order valence-corrected chi connectivity index (χ0v) is 8.01. The van der Waals surface area contributed by atoms with Gasteiger partial charge < -0.3 is 5.73 Å². The second-order valence-corrected chi connectivity index (χ2v) is 3.54. The number of nitrogen functional groups attached to an aromatic ring is 1. The van der Waals surface area contributed by atoms with Crippen molar-refractivity contribution in [3.63, 3.8) is 0 Å². The smallest absolute Gasteiger partial charge is 0.200 e. The maximum Gasteiger partial charge on any atom is 0.200 e. The summed E-state index contributed by atoms with van der Waals surface area (Å²) in [5.74, 6) is 0.519. The highest BCUT2D eigenvalue weighted by atomic mass is 35.5. The molecule has 2 aromatic rings. The van der Waals surface area contributed by atoms with Gasteiger partial charge in [0.15, 0.2) is 11.0 Å². The molecule has 0 aromatic carbocycles. The van der Waals surface area contributed by atoms with Gasteiger partial charge in [0.25, 0.3) is 0 Å². The Kier molecular flexibility index (Phi) is 2.12. The Morgan fingerprint density at radius 3 is 2.92 bits per heavy atom. The number of anilines is 1. The van der Waals surface area contributed by atoms with Crippen molar-refractivity contribution in [1.29, 1.82) is 0 Å². The molecule has 0 aliphatic rings. The molecule has 0 amide bonds. The normalized spacial score (nSPS) is 10.2. The van der Waals surface area contributed by atoms with Crippen LogP contribution in [0.15, 0.2) is 18.3 Å². The molecule has 0 aliphatic carbocycles. The van der Waals surface area contributed by atoms with Gasteiger partial charge in [-0.1, -0.05) is 11.6 Å². The Morgan fingerprint density at radius 2 is 2.31 bits per heavy atom. The van der Waals surface area contributed by atoms with Gasteiger partial charge in [-0.25, -0.2) is 0 Å². The molecule has 2 aromatic heterocycles. The van der Waals surface area contributed by atoms with Gasteiger partial charge in [0.2, 0.25) is 0 Å². The third-order valence-electron chi connectivity index (χ3n) is 1.39. The molecule has 0 unspecified atom stereocenters. The first-order valence-corrected chi connectivity index (χ1v) is 4.62. The minimum absolute atomic E-state index is 0.428. The lowest BCUT2D eigenvalue weighted by molar-refractivity contribution is 1.24. The first-order chi connectivity index (χ1) is 6.25. The van der Waals surface area contributed by atoms with E-state index in [1.165, 1.54) is 0 Å². The molecule has 0 fully saturated rings. The van der Waals surface area contributed by atoms with Gasteiger partial charge in [-0.3, -0.25) is 4.98 Å². The second-order valence-electron chi connectivity index (χ2n) is 2.32. The number of halogens is 1. The third-order valence-corrected chi connectivity index (χ3v) is 2.17. The van der Waals surface area contributed by atoms with Crippen molar-refractivity contribution in [2.45, 2.75) is 0 Å². The number of hydrogen-bond donors (Lipinski definition) is 1. The van der Waals surface area contributed by atoms with Gasteiger partial charge in [-0.05, 0) is 12.1 Å². The van der Waals surface area contributed by atoms with E-state index in [1.807, 2.05) is 0 Å². The van der Waals surface area contributed by atoms with E-state index in [9.17, 15) is 0 Å². The van der Waals surface area contributed by atoms with E-state index in [-0.39, 0.29) is 0 Å². The first-order valence-electron chi connectivity index (χ1n) is 3.47. The van der Waals surface area contributed by atoms with E-state index in [2.05, 4.69) is 14.3 Å². The fraction of sp³-hybridized carbons (Fsp3) is 0. The van der Waals surface area contributed by atoms with Crippen LogP contribution in [0.4, 0.5) is 5.13 Å². The summed E-state index contributed by atoms with van der Waals surface area (Å²) in [6.07, 6.45) is 1.61. The average molecular weight is 213 g/mol. The van der Waals surface area contributed by atoms with Crippen molar-refractivity contribution in [2.24, 2.45) is 0 Å². The molecule has 0 saturated heterocycles. The molecule has 2 rings (SSSR count). The fourth-order valence-corrected chi connectivity index (χ4v) is 1.47. The lowest BCUT2D eigenvalue weighted by Gasteiger charge is -1.93. The largest absolute Gasteiger partial charge is 0.374 e. The molecule has 0 spiro atoms. The zero-order valence-electron chi connectivity index (χ0n) is 6.44. The first kappa shape index (κ1) is 8.40. The van der Waals surface area contributed by atoms with Crippen LogP contribution in [-0.4, -0.2) is 14.3 Å². The molecule has 2 heterocycles. The van der Waals surface area contributed by atoms with Gasteiger partial charge in [-0.2, -0.15) is 9.36 Å². The monoisotopic (exact) mass is 212 g/mol. The summed E-state index contributed by atoms with van der Waals surface area (Å²) in [5, 5.41) is 1.04. The van der Waals surface area contributed by atoms with Gasteiger partial charge in [-0.15, -0.1) is 0 Å². The lowest BCUT2D eigenvalue weighted by Crippen LogP contribution is -1.86. The van der Waals surface area contributed by atoms with Crippen molar-refractivity contribution >= 4 is 28.3 Å². The van der Waals surface area contributed by atoms with Crippen molar-refractivity contribution in [2.75, 3.05) is 5.73 Å². The van der Waals surface area contributed by atoms with Crippen LogP contribution in [0.5, 0.6) is 0 Å². The van der Waals surface area contributed by atoms with Crippen molar-refractivity contribution in [3.8, 4) is 11.5 Å². The number of nitrogens with two attached hydrogens (primary N) is 1. The molecule has 0 saturated carbocycles. The molecule has 66 valence electrons. The molecular weight excluding hydrogens is 208 g/mol. The topological polar surface area (TPSA) is 64.7 Å². The Labute approximate surface area is 83.6 Å². The van der Waals surface area contributed by atoms with E-state index in [0.717, 1.165) is 11.5 Å². The van der Waals surface area contributed by atoms with E-state index < -0.39 is 0 Å². The molecular formula is C7H5ClN4S. The van der Waals surface area contributed by atoms with Crippen LogP contribution in [0.1, 0.15) is 0 Å². The highest BCUT2D eigenvalue weighted by Crippen LogP contribution is 2.19. The van der Waals surface area contributed by atoms with E-state index in [1.54, 1.807) is 18.3 Å². The van der Waals surface area contributed by atoms with Gasteiger partial charge in [0.1, 0.15) is 5.69 Å². The molecule has 2 N–H and O–H groups in total. The van der Waals surface area contributed by atoms with Gasteiger partial charge in [0.05, 0.1) is 0 Å². The minimum atomic E-state index is 0.428. The number of aromatic nitrogens is 3. The molecule has 6 heteroatoms. The number of nitrogens with zero attached hydrogens (tertiary/aromatic N) is 3. The van der Waals surface area contributed by atoms with Crippen molar-refractivity contribution < 1.29 is 0 Å². The number of hydrogen-bond acceptors (Lipinski definition) is 5. The molecule has 0 bridgehead atoms. The Bertz CT molecular complexity index is 428. The summed E-state index contributed by atoms with van der Waals surface area (Å²) in [7, 11) is 0. The second kappa shape index (κ2) is 3.27. The quantitative estimate of drug-likeness (QED) is 0.784. The summed E-state index contributed by atoms with van der Waals surface area (Å²) < 4.78 is 4.01. The fourth-order valence-electron chi connectivity index (χ4n) is 0.866. The Morgan fingerprint density at radius 1 is 1.46 bits per heavy atom. The lowest BCUT2D eigenvalue weighted by atomic mass is 10.3. The maximum atomic E-state index is 5.78. The van der Waals surface area contributed by atoms with Crippen LogP contribution in [-0.2, 0) is 0 Å². The summed E-state index contributed by atoms with van der Waals surface area (Å²) in [6.45, 7) is 0. The number of pyridine rings is 1. The highest BCUT2D eigenvalue weighted by Gasteiger charge is 2.05. The van der Waals surface area contributed by atoms with Crippen molar-refractivity contribution in [1.82, 2.24) is 14.3 Å². The van der Waals surface area contributed by atoms with E-state index in [4.69, 9.17) is 17.3 Å². The highest BCUT2D eigenvalue weighted by molar-refractivity contribution is 7.09. The van der Waals surface area contributed by atoms with Crippen LogP contribution < -0.4 is 5.73 Å². The predicted octanol–water partition coefficient (Wildman–Crippen LogP) is 1.84. The summed E-state index contributed by atoms with van der Waals surface area (Å²) in [4.78, 5) is 8.05. The van der Waals surface area contributed by atoms with Crippen LogP contribution in [0.25, 0.3) is 11.5 Å². The Balaban J connectivity index is 2.46. The Hall–Kier alpha value is -1.20. The van der Waals surface area contributed by atoms with Crippen LogP contribution in [0.2, 0.25) is 5.02 Å². The predicted molar refractivity (Wildman–Crippen MR) is 52.6 cm³/mol. The van der Waals surface area contributed by atoms with Gasteiger partial charge in [0, 0.05) is 22.8 Å². The molecule has 13 heavy (non-hydrogen) atoms.